The van der Waals surface area contributed by atoms with Crippen LogP contribution in [0.3, 0.4) is 0 Å². The summed E-state index contributed by atoms with van der Waals surface area (Å²) in [6.45, 7) is 1.41. The molecule has 0 aromatic heterocycles. The van der Waals surface area contributed by atoms with Crippen LogP contribution in [0.1, 0.15) is 15.9 Å². The number of benzene rings is 1. The lowest BCUT2D eigenvalue weighted by atomic mass is 10.1. The zero-order valence-corrected chi connectivity index (χ0v) is 11.2. The Kier molecular flexibility index (Phi) is 3.45. The Morgan fingerprint density at radius 3 is 1.88 bits per heavy atom. The third kappa shape index (κ3) is 2.73. The Balaban J connectivity index is 3.91. The fourth-order valence-electron chi connectivity index (χ4n) is 1.56. The van der Waals surface area contributed by atoms with Crippen molar-refractivity contribution in [1.82, 2.24) is 0 Å². The molecule has 0 spiro atoms. The maximum absolute atomic E-state index is 11.6. The second kappa shape index (κ2) is 4.23. The summed E-state index contributed by atoms with van der Waals surface area (Å²) in [7, 11) is -7.38. The van der Waals surface area contributed by atoms with E-state index in [1.807, 2.05) is 0 Å². The van der Waals surface area contributed by atoms with Gasteiger partial charge in [0.15, 0.2) is 19.7 Å². The Labute approximate surface area is 100 Å². The topological polar surface area (TPSA) is 85.3 Å². The van der Waals surface area contributed by atoms with E-state index in [4.69, 9.17) is 0 Å². The molecule has 7 heteroatoms. The molecule has 0 N–H and O–H groups in total. The zero-order valence-electron chi connectivity index (χ0n) is 9.59. The first-order valence-corrected chi connectivity index (χ1v) is 8.36. The van der Waals surface area contributed by atoms with Gasteiger partial charge < -0.3 is 0 Å². The van der Waals surface area contributed by atoms with Crippen LogP contribution in [0.15, 0.2) is 21.9 Å². The molecule has 0 fully saturated rings. The minimum Gasteiger partial charge on any atom is -0.298 e. The molecule has 0 bridgehead atoms. The maximum atomic E-state index is 11.6. The largest absolute Gasteiger partial charge is 0.298 e. The fraction of sp³-hybridized carbons (Fsp3) is 0.300. The summed E-state index contributed by atoms with van der Waals surface area (Å²) in [5, 5.41) is 0. The molecule has 0 aliphatic heterocycles. The molecule has 0 aliphatic carbocycles. The average Bonchev–Trinajstić information content (AvgIpc) is 2.13. The molecule has 0 saturated carbocycles. The van der Waals surface area contributed by atoms with Crippen molar-refractivity contribution in [3.63, 3.8) is 0 Å². The molecule has 1 aromatic carbocycles. The summed E-state index contributed by atoms with van der Waals surface area (Å²) in [5.74, 6) is 0. The monoisotopic (exact) mass is 276 g/mol. The van der Waals surface area contributed by atoms with E-state index in [1.54, 1.807) is 0 Å². The van der Waals surface area contributed by atoms with Crippen LogP contribution in [0.5, 0.6) is 0 Å². The number of hydrogen-bond acceptors (Lipinski definition) is 5. The fourth-order valence-corrected chi connectivity index (χ4v) is 4.38. The number of aldehydes is 1. The number of hydrogen-bond donors (Lipinski definition) is 0. The smallest absolute Gasteiger partial charge is 0.177 e. The van der Waals surface area contributed by atoms with Crippen molar-refractivity contribution in [2.45, 2.75) is 16.7 Å². The van der Waals surface area contributed by atoms with Crippen LogP contribution in [0.2, 0.25) is 0 Å². The number of sulfone groups is 2. The highest BCUT2D eigenvalue weighted by molar-refractivity contribution is 7.93. The minimum absolute atomic E-state index is 0.158. The highest BCUT2D eigenvalue weighted by Gasteiger charge is 2.24. The quantitative estimate of drug-likeness (QED) is 0.755. The van der Waals surface area contributed by atoms with Crippen LogP contribution in [0.4, 0.5) is 0 Å². The molecular weight excluding hydrogens is 264 g/mol. The molecule has 0 saturated heterocycles. The van der Waals surface area contributed by atoms with E-state index in [9.17, 15) is 21.6 Å². The average molecular weight is 276 g/mol. The van der Waals surface area contributed by atoms with E-state index in [0.717, 1.165) is 18.6 Å². The van der Waals surface area contributed by atoms with Crippen LogP contribution < -0.4 is 0 Å². The van der Waals surface area contributed by atoms with E-state index in [0.29, 0.717) is 6.29 Å². The summed E-state index contributed by atoms with van der Waals surface area (Å²) in [6.07, 6.45) is 2.34. The molecule has 5 nitrogen and oxygen atoms in total. The second-order valence-electron chi connectivity index (χ2n) is 3.77. The predicted molar refractivity (Wildman–Crippen MR) is 62.8 cm³/mol. The lowest BCUT2D eigenvalue weighted by Gasteiger charge is -2.11. The maximum Gasteiger partial charge on any atom is 0.177 e. The van der Waals surface area contributed by atoms with Crippen LogP contribution in [0, 0.1) is 6.92 Å². The number of carbonyl (C=O) groups excluding carboxylic acids is 1. The molecule has 94 valence electrons. The van der Waals surface area contributed by atoms with Gasteiger partial charge in [0.2, 0.25) is 0 Å². The van der Waals surface area contributed by atoms with Gasteiger partial charge in [0.25, 0.3) is 0 Å². The van der Waals surface area contributed by atoms with E-state index in [2.05, 4.69) is 0 Å². The summed E-state index contributed by atoms with van der Waals surface area (Å²) < 4.78 is 46.2. The van der Waals surface area contributed by atoms with Crippen LogP contribution >= 0.6 is 0 Å². The van der Waals surface area contributed by atoms with Crippen molar-refractivity contribution in [2.24, 2.45) is 0 Å². The molecule has 0 heterocycles. The van der Waals surface area contributed by atoms with E-state index in [-0.39, 0.29) is 20.9 Å². The molecular formula is C10H12O5S2. The molecule has 0 amide bonds. The number of carbonyl (C=O) groups is 1. The molecule has 0 unspecified atom stereocenters. The standard InChI is InChI=1S/C10H12O5S2/c1-7-8(6-11)4-5-9(16(2,12)13)10(7)17(3,14)15/h4-6H,1-3H3. The van der Waals surface area contributed by atoms with Gasteiger partial charge in [-0.25, -0.2) is 16.8 Å². The Morgan fingerprint density at radius 1 is 1.00 bits per heavy atom. The highest BCUT2D eigenvalue weighted by atomic mass is 32.2. The minimum atomic E-state index is -3.72. The van der Waals surface area contributed by atoms with Crippen LogP contribution in [-0.4, -0.2) is 35.6 Å². The SMILES string of the molecule is Cc1c(C=O)ccc(S(C)(=O)=O)c1S(C)(=O)=O. The van der Waals surface area contributed by atoms with Gasteiger partial charge in [0.05, 0.1) is 9.79 Å². The molecule has 0 aliphatic rings. The summed E-state index contributed by atoms with van der Waals surface area (Å²) in [6, 6.07) is 2.44. The second-order valence-corrected chi connectivity index (χ2v) is 7.71. The third-order valence-corrected chi connectivity index (χ3v) is 4.84. The van der Waals surface area contributed by atoms with Gasteiger partial charge >= 0.3 is 0 Å². The van der Waals surface area contributed by atoms with Crippen molar-refractivity contribution in [1.29, 1.82) is 0 Å². The van der Waals surface area contributed by atoms with Gasteiger partial charge in [0, 0.05) is 18.1 Å². The van der Waals surface area contributed by atoms with Crippen LogP contribution in [-0.2, 0) is 19.7 Å². The summed E-state index contributed by atoms with van der Waals surface area (Å²) in [4.78, 5) is 10.1. The Bertz CT molecular complexity index is 669. The van der Waals surface area contributed by atoms with Crippen molar-refractivity contribution in [3.05, 3.63) is 23.3 Å². The lowest BCUT2D eigenvalue weighted by molar-refractivity contribution is 0.112. The molecule has 17 heavy (non-hydrogen) atoms. The number of rotatable bonds is 3. The van der Waals surface area contributed by atoms with Gasteiger partial charge in [-0.05, 0) is 18.6 Å². The van der Waals surface area contributed by atoms with Crippen molar-refractivity contribution in [3.8, 4) is 0 Å². The van der Waals surface area contributed by atoms with Crippen molar-refractivity contribution in [2.75, 3.05) is 12.5 Å². The van der Waals surface area contributed by atoms with Gasteiger partial charge in [-0.1, -0.05) is 6.07 Å². The summed E-state index contributed by atoms with van der Waals surface area (Å²) in [5.41, 5.74) is 0.322. The van der Waals surface area contributed by atoms with Crippen molar-refractivity contribution >= 4 is 26.0 Å². The molecule has 0 atom stereocenters. The predicted octanol–water partition coefficient (Wildman–Crippen LogP) is 0.615. The van der Waals surface area contributed by atoms with Crippen molar-refractivity contribution < 1.29 is 21.6 Å². The van der Waals surface area contributed by atoms with Crippen LogP contribution in [0.25, 0.3) is 0 Å². The summed E-state index contributed by atoms with van der Waals surface area (Å²) >= 11 is 0. The van der Waals surface area contributed by atoms with Gasteiger partial charge in [-0.15, -0.1) is 0 Å². The molecule has 1 aromatic rings. The van der Waals surface area contributed by atoms with Gasteiger partial charge in [0.1, 0.15) is 6.29 Å². The molecule has 0 radical (unpaired) electrons. The first-order chi connectivity index (χ1) is 7.59. The van der Waals surface area contributed by atoms with Gasteiger partial charge in [-0.2, -0.15) is 0 Å². The van der Waals surface area contributed by atoms with Gasteiger partial charge in [-0.3, -0.25) is 4.79 Å². The Hall–Kier alpha value is -1.21. The Morgan fingerprint density at radius 2 is 1.53 bits per heavy atom. The van der Waals surface area contributed by atoms with E-state index >= 15 is 0 Å². The van der Waals surface area contributed by atoms with E-state index in [1.165, 1.54) is 13.0 Å². The zero-order chi connectivity index (χ0) is 13.4. The normalized spacial score (nSPS) is 12.4. The first kappa shape index (κ1) is 13.9. The highest BCUT2D eigenvalue weighted by Crippen LogP contribution is 2.26. The lowest BCUT2D eigenvalue weighted by Crippen LogP contribution is -2.11. The third-order valence-electron chi connectivity index (χ3n) is 2.31. The molecule has 1 rings (SSSR count). The first-order valence-electron chi connectivity index (χ1n) is 4.58. The van der Waals surface area contributed by atoms with E-state index < -0.39 is 19.7 Å².